The van der Waals surface area contributed by atoms with Crippen LogP contribution in [0.15, 0.2) is 36.4 Å². The number of aliphatic carboxylic acids is 1. The second-order valence-electron chi connectivity index (χ2n) is 4.64. The Balaban J connectivity index is 2.36. The summed E-state index contributed by atoms with van der Waals surface area (Å²) in [6.07, 6.45) is 0.409. The molecule has 0 bridgehead atoms. The van der Waals surface area contributed by atoms with Crippen molar-refractivity contribution in [3.8, 4) is 17.0 Å². The molecule has 0 unspecified atom stereocenters. The topological polar surface area (TPSA) is 89.5 Å². The van der Waals surface area contributed by atoms with Gasteiger partial charge in [-0.1, -0.05) is 0 Å². The van der Waals surface area contributed by atoms with Gasteiger partial charge >= 0.3 is 5.97 Å². The summed E-state index contributed by atoms with van der Waals surface area (Å²) in [6.45, 7) is 0. The van der Waals surface area contributed by atoms with E-state index >= 15 is 0 Å². The van der Waals surface area contributed by atoms with Gasteiger partial charge in [-0.15, -0.1) is 0 Å². The van der Waals surface area contributed by atoms with E-state index in [0.717, 1.165) is 22.7 Å². The van der Waals surface area contributed by atoms with Crippen LogP contribution in [0.25, 0.3) is 11.3 Å². The SMILES string of the molecule is COc1ccc(-c2ccc(CCC(=O)O)n2NC(N)=S)cc1. The van der Waals surface area contributed by atoms with Gasteiger partial charge in [0.15, 0.2) is 5.11 Å². The molecule has 2 aromatic rings. The first-order chi connectivity index (χ1) is 10.5. The second-order valence-corrected chi connectivity index (χ2v) is 5.08. The van der Waals surface area contributed by atoms with E-state index in [1.807, 2.05) is 36.4 Å². The zero-order chi connectivity index (χ0) is 16.1. The predicted octanol–water partition coefficient (Wildman–Crippen LogP) is 1.97. The van der Waals surface area contributed by atoms with Gasteiger partial charge in [0.2, 0.25) is 0 Å². The van der Waals surface area contributed by atoms with Gasteiger partial charge in [-0.25, -0.2) is 0 Å². The number of methoxy groups -OCH3 is 1. The third-order valence-corrected chi connectivity index (χ3v) is 3.26. The maximum absolute atomic E-state index is 10.8. The molecule has 0 spiro atoms. The number of hydrogen-bond donors (Lipinski definition) is 3. The quantitative estimate of drug-likeness (QED) is 0.705. The van der Waals surface area contributed by atoms with Gasteiger partial charge in [-0.05, 0) is 48.6 Å². The molecule has 0 fully saturated rings. The minimum absolute atomic E-state index is 0.0328. The number of nitrogens with one attached hydrogen (secondary N) is 1. The fourth-order valence-corrected chi connectivity index (χ4v) is 2.23. The molecule has 0 atom stereocenters. The third-order valence-electron chi connectivity index (χ3n) is 3.16. The number of rotatable bonds is 6. The molecule has 116 valence electrons. The summed E-state index contributed by atoms with van der Waals surface area (Å²) in [5, 5.41) is 8.95. The van der Waals surface area contributed by atoms with Gasteiger partial charge in [-0.3, -0.25) is 14.9 Å². The van der Waals surface area contributed by atoms with Crippen LogP contribution >= 0.6 is 12.2 Å². The minimum Gasteiger partial charge on any atom is -0.497 e. The molecule has 4 N–H and O–H groups in total. The average Bonchev–Trinajstić information content (AvgIpc) is 2.87. The predicted molar refractivity (Wildman–Crippen MR) is 88.5 cm³/mol. The van der Waals surface area contributed by atoms with Crippen molar-refractivity contribution in [3.05, 3.63) is 42.1 Å². The molecular weight excluding hydrogens is 302 g/mol. The fourth-order valence-electron chi connectivity index (χ4n) is 2.14. The van der Waals surface area contributed by atoms with Gasteiger partial charge in [0.05, 0.1) is 19.2 Å². The molecule has 6 nitrogen and oxygen atoms in total. The second kappa shape index (κ2) is 6.95. The zero-order valence-electron chi connectivity index (χ0n) is 12.1. The van der Waals surface area contributed by atoms with Crippen LogP contribution in [0.2, 0.25) is 0 Å². The van der Waals surface area contributed by atoms with E-state index in [0.29, 0.717) is 6.42 Å². The highest BCUT2D eigenvalue weighted by Crippen LogP contribution is 2.24. The van der Waals surface area contributed by atoms with Crippen molar-refractivity contribution >= 4 is 23.3 Å². The fraction of sp³-hybridized carbons (Fsp3) is 0.200. The first-order valence-corrected chi connectivity index (χ1v) is 7.05. The van der Waals surface area contributed by atoms with E-state index in [2.05, 4.69) is 5.43 Å². The molecule has 7 heteroatoms. The van der Waals surface area contributed by atoms with E-state index in [-0.39, 0.29) is 11.5 Å². The van der Waals surface area contributed by atoms with Crippen molar-refractivity contribution in [3.63, 3.8) is 0 Å². The van der Waals surface area contributed by atoms with Crippen LogP contribution in [0.4, 0.5) is 0 Å². The molecule has 0 aliphatic heterocycles. The van der Waals surface area contributed by atoms with E-state index in [1.165, 1.54) is 0 Å². The number of nitrogens with two attached hydrogens (primary N) is 1. The number of benzene rings is 1. The molecule has 1 aromatic carbocycles. The lowest BCUT2D eigenvalue weighted by atomic mass is 10.1. The summed E-state index contributed by atoms with van der Waals surface area (Å²) in [4.78, 5) is 10.8. The number of carboxylic acids is 1. The summed E-state index contributed by atoms with van der Waals surface area (Å²) in [5.74, 6) is -0.0932. The van der Waals surface area contributed by atoms with Crippen molar-refractivity contribution in [2.75, 3.05) is 12.5 Å². The lowest BCUT2D eigenvalue weighted by Gasteiger charge is -2.14. The van der Waals surface area contributed by atoms with Crippen LogP contribution in [0, 0.1) is 0 Å². The highest BCUT2D eigenvalue weighted by Gasteiger charge is 2.12. The number of hydrogen-bond acceptors (Lipinski definition) is 3. The first-order valence-electron chi connectivity index (χ1n) is 6.64. The maximum atomic E-state index is 10.8. The Kier molecular flexibility index (Phi) is 5.00. The molecule has 1 heterocycles. The molecule has 0 saturated heterocycles. The summed E-state index contributed by atoms with van der Waals surface area (Å²) in [6, 6.07) is 11.3. The van der Waals surface area contributed by atoms with Crippen molar-refractivity contribution in [2.24, 2.45) is 5.73 Å². The van der Waals surface area contributed by atoms with Crippen LogP contribution in [0.1, 0.15) is 12.1 Å². The standard InChI is InChI=1S/C15H17N3O3S/c1-21-12-6-2-10(3-7-12)13-8-4-11(5-9-14(19)20)18(13)17-15(16)22/h2-4,6-8H,5,9H2,1H3,(H,19,20)(H3,16,17,22). The number of thiocarbonyl (C=S) groups is 1. The molecule has 0 saturated carbocycles. The molecule has 0 amide bonds. The highest BCUT2D eigenvalue weighted by molar-refractivity contribution is 7.80. The minimum atomic E-state index is -0.853. The van der Waals surface area contributed by atoms with Gasteiger partial charge in [0, 0.05) is 17.7 Å². The summed E-state index contributed by atoms with van der Waals surface area (Å²) in [7, 11) is 1.61. The average molecular weight is 319 g/mol. The van der Waals surface area contributed by atoms with Gasteiger partial charge in [-0.2, -0.15) is 0 Å². The van der Waals surface area contributed by atoms with Gasteiger partial charge in [0.25, 0.3) is 0 Å². The lowest BCUT2D eigenvalue weighted by Crippen LogP contribution is -2.29. The van der Waals surface area contributed by atoms with Crippen LogP contribution in [-0.2, 0) is 11.2 Å². The van der Waals surface area contributed by atoms with Crippen LogP contribution in [0.5, 0.6) is 5.75 Å². The van der Waals surface area contributed by atoms with E-state index in [9.17, 15) is 4.79 Å². The maximum Gasteiger partial charge on any atom is 0.303 e. The largest absolute Gasteiger partial charge is 0.497 e. The molecule has 1 aromatic heterocycles. The normalized spacial score (nSPS) is 10.2. The Hall–Kier alpha value is -2.54. The number of aromatic nitrogens is 1. The zero-order valence-corrected chi connectivity index (χ0v) is 12.9. The van der Waals surface area contributed by atoms with Gasteiger partial charge < -0.3 is 15.6 Å². The Morgan fingerprint density at radius 2 is 2.00 bits per heavy atom. The Bertz CT molecular complexity index is 680. The molecule has 22 heavy (non-hydrogen) atoms. The molecule has 0 aliphatic rings. The number of carboxylic acid groups (broad SMARTS) is 1. The third kappa shape index (κ3) is 3.76. The first kappa shape index (κ1) is 15.8. The Labute approximate surface area is 133 Å². The molecule has 0 aliphatic carbocycles. The van der Waals surface area contributed by atoms with Crippen LogP contribution in [-0.4, -0.2) is 28.0 Å². The van der Waals surface area contributed by atoms with Crippen molar-refractivity contribution in [1.82, 2.24) is 4.68 Å². The lowest BCUT2D eigenvalue weighted by molar-refractivity contribution is -0.136. The van der Waals surface area contributed by atoms with Crippen molar-refractivity contribution in [1.29, 1.82) is 0 Å². The van der Waals surface area contributed by atoms with Gasteiger partial charge in [0.1, 0.15) is 5.75 Å². The highest BCUT2D eigenvalue weighted by atomic mass is 32.1. The smallest absolute Gasteiger partial charge is 0.303 e. The van der Waals surface area contributed by atoms with Crippen LogP contribution in [0.3, 0.4) is 0 Å². The van der Waals surface area contributed by atoms with E-state index < -0.39 is 5.97 Å². The Morgan fingerprint density at radius 3 is 2.55 bits per heavy atom. The molecule has 0 radical (unpaired) electrons. The van der Waals surface area contributed by atoms with Crippen molar-refractivity contribution in [2.45, 2.75) is 12.8 Å². The molecule has 2 rings (SSSR count). The monoisotopic (exact) mass is 319 g/mol. The van der Waals surface area contributed by atoms with E-state index in [1.54, 1.807) is 11.8 Å². The Morgan fingerprint density at radius 1 is 1.32 bits per heavy atom. The van der Waals surface area contributed by atoms with E-state index in [4.69, 9.17) is 27.8 Å². The summed E-state index contributed by atoms with van der Waals surface area (Å²) in [5.41, 5.74) is 11.0. The van der Waals surface area contributed by atoms with Crippen LogP contribution < -0.4 is 15.9 Å². The molecular formula is C15H17N3O3S. The number of aryl methyl sites for hydroxylation is 1. The number of carbonyl (C=O) groups is 1. The number of nitrogens with zero attached hydrogens (tertiary/aromatic N) is 1. The van der Waals surface area contributed by atoms with Crippen molar-refractivity contribution < 1.29 is 14.6 Å². The number of ether oxygens (including phenoxy) is 1. The summed E-state index contributed by atoms with van der Waals surface area (Å²) >= 11 is 4.90. The summed E-state index contributed by atoms with van der Waals surface area (Å²) < 4.78 is 6.86.